The van der Waals surface area contributed by atoms with Crippen LogP contribution >= 0.6 is 0 Å². The summed E-state index contributed by atoms with van der Waals surface area (Å²) in [6.45, 7) is 2.92. The van der Waals surface area contributed by atoms with Crippen LogP contribution in [0.4, 0.5) is 5.69 Å². The second-order valence-electron chi connectivity index (χ2n) is 10.6. The molecule has 2 N–H and O–H groups in total. The number of ether oxygens (including phenoxy) is 1. The summed E-state index contributed by atoms with van der Waals surface area (Å²) < 4.78 is 5.60. The molecule has 1 unspecified atom stereocenters. The number of hydrogen-bond acceptors (Lipinski definition) is 4. The van der Waals surface area contributed by atoms with Gasteiger partial charge in [0.1, 0.15) is 6.10 Å². The van der Waals surface area contributed by atoms with E-state index in [1.54, 1.807) is 0 Å². The monoisotopic (exact) mass is 460 g/mol. The number of piperidine rings is 1. The van der Waals surface area contributed by atoms with Crippen LogP contribution in [0.1, 0.15) is 49.1 Å². The normalized spacial score (nSPS) is 27.2. The van der Waals surface area contributed by atoms with Crippen LogP contribution in [0.2, 0.25) is 0 Å². The number of anilines is 1. The minimum Gasteiger partial charge on any atom is -0.481 e. The first-order valence-corrected chi connectivity index (χ1v) is 12.6. The minimum atomic E-state index is -0.740. The summed E-state index contributed by atoms with van der Waals surface area (Å²) in [5.74, 6) is -0.299. The largest absolute Gasteiger partial charge is 0.481 e. The van der Waals surface area contributed by atoms with Crippen LogP contribution in [0, 0.1) is 11.3 Å². The van der Waals surface area contributed by atoms with Gasteiger partial charge in [0.2, 0.25) is 0 Å². The molecule has 2 aromatic rings. The van der Waals surface area contributed by atoms with Gasteiger partial charge >= 0.3 is 5.97 Å². The number of nitrogens with zero attached hydrogens (tertiary/aromatic N) is 1. The van der Waals surface area contributed by atoms with E-state index in [1.165, 1.54) is 17.5 Å². The topological polar surface area (TPSA) is 78.9 Å². The van der Waals surface area contributed by atoms with Crippen LogP contribution in [-0.2, 0) is 20.7 Å². The van der Waals surface area contributed by atoms with E-state index in [2.05, 4.69) is 47.8 Å². The number of amides is 1. The Morgan fingerprint density at radius 2 is 1.82 bits per heavy atom. The van der Waals surface area contributed by atoms with Gasteiger partial charge in [-0.05, 0) is 78.2 Å². The van der Waals surface area contributed by atoms with Gasteiger partial charge in [-0.1, -0.05) is 36.4 Å². The molecule has 6 heteroatoms. The molecule has 34 heavy (non-hydrogen) atoms. The summed E-state index contributed by atoms with van der Waals surface area (Å²) >= 11 is 0. The Bertz CT molecular complexity index is 1100. The number of benzene rings is 2. The first-order valence-electron chi connectivity index (χ1n) is 12.6. The fourth-order valence-electron chi connectivity index (χ4n) is 6.27. The van der Waals surface area contributed by atoms with E-state index in [9.17, 15) is 14.7 Å². The van der Waals surface area contributed by atoms with Gasteiger partial charge < -0.3 is 20.1 Å². The summed E-state index contributed by atoms with van der Waals surface area (Å²) in [7, 11) is 0. The first-order chi connectivity index (χ1) is 16.5. The predicted molar refractivity (Wildman–Crippen MR) is 130 cm³/mol. The van der Waals surface area contributed by atoms with Gasteiger partial charge in [0, 0.05) is 31.9 Å². The zero-order valence-corrected chi connectivity index (χ0v) is 19.5. The Labute approximate surface area is 200 Å². The SMILES string of the molecule is O=C(O)C1CNc2cc(-c3ccc([C@H]4CC45CCN(C(=O)[C@H]4CCCO4)CC5)cc3)ccc2C1. The molecule has 2 aromatic carbocycles. The summed E-state index contributed by atoms with van der Waals surface area (Å²) in [4.78, 5) is 26.0. The molecular formula is C28H32N2O4. The zero-order chi connectivity index (χ0) is 23.3. The molecule has 3 fully saturated rings. The summed E-state index contributed by atoms with van der Waals surface area (Å²) in [6, 6.07) is 15.3. The molecule has 1 saturated carbocycles. The quantitative estimate of drug-likeness (QED) is 0.711. The summed E-state index contributed by atoms with van der Waals surface area (Å²) in [5, 5.41) is 12.6. The number of carbonyl (C=O) groups is 2. The standard InChI is InChI=1S/C28H32N2O4/c31-26(25-2-1-13-34-25)30-11-9-28(10-12-30)16-23(28)19-5-3-18(4-6-19)20-7-8-21-14-22(27(32)33)17-29-24(21)15-20/h3-8,15,22-23,25,29H,1-2,9-14,16-17H2,(H,32,33)/t22?,23-,25-/m1/s1. The van der Waals surface area contributed by atoms with Crippen molar-refractivity contribution in [1.29, 1.82) is 0 Å². The molecule has 1 aliphatic carbocycles. The molecule has 0 bridgehead atoms. The molecule has 3 atom stereocenters. The van der Waals surface area contributed by atoms with Gasteiger partial charge in [-0.25, -0.2) is 0 Å². The number of nitrogens with one attached hydrogen (secondary N) is 1. The first kappa shape index (κ1) is 21.7. The van der Waals surface area contributed by atoms with Crippen molar-refractivity contribution < 1.29 is 19.4 Å². The van der Waals surface area contributed by atoms with Crippen LogP contribution < -0.4 is 5.32 Å². The van der Waals surface area contributed by atoms with Crippen LogP contribution in [0.3, 0.4) is 0 Å². The van der Waals surface area contributed by atoms with E-state index in [1.807, 2.05) is 4.90 Å². The highest BCUT2D eigenvalue weighted by Crippen LogP contribution is 2.65. The van der Waals surface area contributed by atoms with E-state index in [4.69, 9.17) is 4.74 Å². The Morgan fingerprint density at radius 1 is 1.06 bits per heavy atom. The number of carboxylic acid groups (broad SMARTS) is 1. The molecule has 0 radical (unpaired) electrons. The van der Waals surface area contributed by atoms with E-state index in [0.29, 0.717) is 24.3 Å². The number of carboxylic acids is 1. The summed E-state index contributed by atoms with van der Waals surface area (Å²) in [6.07, 6.45) is 5.66. The zero-order valence-electron chi connectivity index (χ0n) is 19.5. The molecule has 2 saturated heterocycles. The average Bonchev–Trinajstić information content (AvgIpc) is 3.28. The molecule has 6 rings (SSSR count). The third-order valence-corrected chi connectivity index (χ3v) is 8.58. The molecule has 6 nitrogen and oxygen atoms in total. The van der Waals surface area contributed by atoms with Gasteiger partial charge in [0.15, 0.2) is 0 Å². The lowest BCUT2D eigenvalue weighted by Gasteiger charge is -2.34. The van der Waals surface area contributed by atoms with Gasteiger partial charge in [-0.2, -0.15) is 0 Å². The number of hydrogen-bond donors (Lipinski definition) is 2. The highest BCUT2D eigenvalue weighted by atomic mass is 16.5. The minimum absolute atomic E-state index is 0.200. The van der Waals surface area contributed by atoms with E-state index < -0.39 is 5.97 Å². The Morgan fingerprint density at radius 3 is 2.53 bits per heavy atom. The van der Waals surface area contributed by atoms with Crippen molar-refractivity contribution in [1.82, 2.24) is 4.90 Å². The van der Waals surface area contributed by atoms with E-state index in [0.717, 1.165) is 62.2 Å². The van der Waals surface area contributed by atoms with Crippen LogP contribution in [0.25, 0.3) is 11.1 Å². The van der Waals surface area contributed by atoms with Crippen LogP contribution in [-0.4, -0.2) is 54.2 Å². The molecule has 3 heterocycles. The van der Waals surface area contributed by atoms with Crippen molar-refractivity contribution >= 4 is 17.6 Å². The van der Waals surface area contributed by atoms with E-state index >= 15 is 0 Å². The van der Waals surface area contributed by atoms with Crippen molar-refractivity contribution in [3.63, 3.8) is 0 Å². The smallest absolute Gasteiger partial charge is 0.308 e. The third-order valence-electron chi connectivity index (χ3n) is 8.58. The van der Waals surface area contributed by atoms with Crippen molar-refractivity contribution in [2.24, 2.45) is 11.3 Å². The van der Waals surface area contributed by atoms with Crippen molar-refractivity contribution in [2.45, 2.75) is 50.5 Å². The van der Waals surface area contributed by atoms with Crippen molar-refractivity contribution in [3.05, 3.63) is 53.6 Å². The molecule has 4 aliphatic rings. The van der Waals surface area contributed by atoms with Crippen LogP contribution in [0.15, 0.2) is 42.5 Å². The third kappa shape index (κ3) is 3.88. The Hall–Kier alpha value is -2.86. The molecule has 3 aliphatic heterocycles. The van der Waals surface area contributed by atoms with Gasteiger partial charge in [0.25, 0.3) is 5.91 Å². The number of carbonyl (C=O) groups excluding carboxylic acids is 1. The van der Waals surface area contributed by atoms with Gasteiger partial charge in [-0.15, -0.1) is 0 Å². The maximum absolute atomic E-state index is 12.7. The maximum Gasteiger partial charge on any atom is 0.308 e. The molecular weight excluding hydrogens is 428 g/mol. The summed E-state index contributed by atoms with van der Waals surface area (Å²) in [5.41, 5.74) is 6.22. The predicted octanol–water partition coefficient (Wildman–Crippen LogP) is 4.30. The molecule has 1 amide bonds. The fraction of sp³-hybridized carbons (Fsp3) is 0.500. The number of fused-ring (bicyclic) bond motifs is 1. The second-order valence-corrected chi connectivity index (χ2v) is 10.6. The Balaban J connectivity index is 1.09. The van der Waals surface area contributed by atoms with Crippen LogP contribution in [0.5, 0.6) is 0 Å². The molecule has 178 valence electrons. The fourth-order valence-corrected chi connectivity index (χ4v) is 6.27. The highest BCUT2D eigenvalue weighted by molar-refractivity contribution is 5.81. The van der Waals surface area contributed by atoms with Gasteiger partial charge in [0.05, 0.1) is 5.92 Å². The average molecular weight is 461 g/mol. The lowest BCUT2D eigenvalue weighted by molar-refractivity contribution is -0.142. The highest BCUT2D eigenvalue weighted by Gasteiger charge is 2.55. The van der Waals surface area contributed by atoms with Gasteiger partial charge in [-0.3, -0.25) is 9.59 Å². The lowest BCUT2D eigenvalue weighted by atomic mass is 9.88. The number of rotatable bonds is 4. The van der Waals surface area contributed by atoms with Crippen molar-refractivity contribution in [3.8, 4) is 11.1 Å². The molecule has 0 aromatic heterocycles. The second kappa shape index (κ2) is 8.42. The molecule has 1 spiro atoms. The number of aliphatic carboxylic acids is 1. The van der Waals surface area contributed by atoms with Crippen molar-refractivity contribution in [2.75, 3.05) is 31.6 Å². The lowest BCUT2D eigenvalue weighted by Crippen LogP contribution is -2.44. The Kier molecular flexibility index (Phi) is 5.36. The number of likely N-dealkylation sites (tertiary alicyclic amines) is 1. The van der Waals surface area contributed by atoms with E-state index in [-0.39, 0.29) is 17.9 Å². The maximum atomic E-state index is 12.7.